The number of nitrogens with one attached hydrogen (secondary N) is 1. The van der Waals surface area contributed by atoms with Crippen molar-refractivity contribution in [3.05, 3.63) is 36.3 Å². The number of hydrogen-bond acceptors (Lipinski definition) is 6. The number of rotatable bonds is 4. The average Bonchev–Trinajstić information content (AvgIpc) is 2.63. The lowest BCUT2D eigenvalue weighted by Crippen LogP contribution is -2.30. The minimum atomic E-state index is -0.255. The van der Waals surface area contributed by atoms with Gasteiger partial charge in [-0.3, -0.25) is 4.79 Å². The van der Waals surface area contributed by atoms with Gasteiger partial charge in [0.2, 0.25) is 11.8 Å². The largest absolute Gasteiger partial charge is 0.481 e. The van der Waals surface area contributed by atoms with Gasteiger partial charge >= 0.3 is 0 Å². The molecule has 0 bridgehead atoms. The van der Waals surface area contributed by atoms with E-state index in [-0.39, 0.29) is 5.91 Å². The van der Waals surface area contributed by atoms with Gasteiger partial charge in [-0.25, -0.2) is 15.0 Å². The maximum Gasteiger partial charge on any atom is 0.257 e. The molecular weight excluding hydrogens is 294 g/mol. The third-order valence-electron chi connectivity index (χ3n) is 3.74. The summed E-state index contributed by atoms with van der Waals surface area (Å²) in [6, 6.07) is 3.30. The van der Waals surface area contributed by atoms with E-state index in [0.717, 1.165) is 13.1 Å². The van der Waals surface area contributed by atoms with Crippen molar-refractivity contribution in [2.24, 2.45) is 0 Å². The Morgan fingerprint density at radius 2 is 1.83 bits per heavy atom. The number of methoxy groups -OCH3 is 1. The summed E-state index contributed by atoms with van der Waals surface area (Å²) in [6.45, 7) is 1.98. The van der Waals surface area contributed by atoms with Crippen molar-refractivity contribution in [3.8, 4) is 5.88 Å². The lowest BCUT2D eigenvalue weighted by molar-refractivity contribution is 0.102. The van der Waals surface area contributed by atoms with Gasteiger partial charge in [-0.05, 0) is 25.3 Å². The molecule has 23 heavy (non-hydrogen) atoms. The number of piperidine rings is 1. The number of carbonyl (C=O) groups excluding carboxylic acids is 1. The van der Waals surface area contributed by atoms with Crippen LogP contribution in [0.2, 0.25) is 0 Å². The van der Waals surface area contributed by atoms with Crippen molar-refractivity contribution < 1.29 is 9.53 Å². The zero-order valence-electron chi connectivity index (χ0n) is 13.0. The molecule has 1 aliphatic rings. The second kappa shape index (κ2) is 7.04. The van der Waals surface area contributed by atoms with Crippen molar-refractivity contribution in [2.75, 3.05) is 30.4 Å². The molecule has 1 amide bonds. The molecule has 7 nitrogen and oxygen atoms in total. The highest BCUT2D eigenvalue weighted by molar-refractivity contribution is 6.03. The Labute approximate surface area is 134 Å². The van der Waals surface area contributed by atoms with Crippen molar-refractivity contribution in [1.29, 1.82) is 0 Å². The van der Waals surface area contributed by atoms with Crippen molar-refractivity contribution in [3.63, 3.8) is 0 Å². The van der Waals surface area contributed by atoms with E-state index >= 15 is 0 Å². The predicted octanol–water partition coefficient (Wildman–Crippen LogP) is 2.12. The first kappa shape index (κ1) is 15.2. The molecule has 120 valence electrons. The van der Waals surface area contributed by atoms with Crippen molar-refractivity contribution in [2.45, 2.75) is 19.3 Å². The summed E-state index contributed by atoms with van der Waals surface area (Å²) in [5.74, 6) is 0.930. The van der Waals surface area contributed by atoms with Gasteiger partial charge in [0.25, 0.3) is 5.91 Å². The Bertz CT molecular complexity index is 651. The van der Waals surface area contributed by atoms with E-state index in [0.29, 0.717) is 23.1 Å². The zero-order valence-corrected chi connectivity index (χ0v) is 13.0. The molecule has 1 aliphatic heterocycles. The summed E-state index contributed by atoms with van der Waals surface area (Å²) in [6.07, 6.45) is 8.34. The quantitative estimate of drug-likeness (QED) is 0.931. The molecule has 0 saturated carbocycles. The number of aromatic nitrogens is 3. The molecule has 3 rings (SSSR count). The second-order valence-corrected chi connectivity index (χ2v) is 5.36. The molecule has 0 spiro atoms. The topological polar surface area (TPSA) is 80.2 Å². The first-order chi connectivity index (χ1) is 11.3. The Morgan fingerprint density at radius 1 is 1.09 bits per heavy atom. The summed E-state index contributed by atoms with van der Waals surface area (Å²) in [5.41, 5.74) is 1.01. The van der Waals surface area contributed by atoms with Gasteiger partial charge in [-0.15, -0.1) is 0 Å². The summed E-state index contributed by atoms with van der Waals surface area (Å²) in [7, 11) is 1.53. The van der Waals surface area contributed by atoms with E-state index in [1.807, 2.05) is 0 Å². The summed E-state index contributed by atoms with van der Waals surface area (Å²) in [4.78, 5) is 27.0. The number of nitrogens with zero attached hydrogens (tertiary/aromatic N) is 4. The van der Waals surface area contributed by atoms with Gasteiger partial charge in [0.05, 0.1) is 30.8 Å². The van der Waals surface area contributed by atoms with Crippen LogP contribution >= 0.6 is 0 Å². The minimum Gasteiger partial charge on any atom is -0.481 e. The SMILES string of the molecule is COc1ccc(C(=O)Nc2cnc(N3CCCCC3)nc2)cn1. The van der Waals surface area contributed by atoms with E-state index in [1.165, 1.54) is 32.6 Å². The van der Waals surface area contributed by atoms with Crippen molar-refractivity contribution >= 4 is 17.5 Å². The Hall–Kier alpha value is -2.70. The van der Waals surface area contributed by atoms with E-state index in [4.69, 9.17) is 4.74 Å². The van der Waals surface area contributed by atoms with Gasteiger partial charge < -0.3 is 15.0 Å². The van der Waals surface area contributed by atoms with Gasteiger partial charge in [-0.2, -0.15) is 0 Å². The zero-order chi connectivity index (χ0) is 16.1. The highest BCUT2D eigenvalue weighted by Crippen LogP contribution is 2.16. The molecule has 0 aromatic carbocycles. The molecule has 1 N–H and O–H groups in total. The smallest absolute Gasteiger partial charge is 0.257 e. The third-order valence-corrected chi connectivity index (χ3v) is 3.74. The lowest BCUT2D eigenvalue weighted by Gasteiger charge is -2.26. The normalized spacial score (nSPS) is 14.4. The monoisotopic (exact) mass is 313 g/mol. The van der Waals surface area contributed by atoms with Crippen LogP contribution in [0.3, 0.4) is 0 Å². The summed E-state index contributed by atoms with van der Waals surface area (Å²) >= 11 is 0. The summed E-state index contributed by atoms with van der Waals surface area (Å²) in [5, 5.41) is 2.76. The second-order valence-electron chi connectivity index (χ2n) is 5.36. The Kier molecular flexibility index (Phi) is 4.65. The van der Waals surface area contributed by atoms with E-state index in [1.54, 1.807) is 24.5 Å². The molecule has 0 radical (unpaired) electrons. The molecule has 0 atom stereocenters. The molecule has 0 unspecified atom stereocenters. The maximum absolute atomic E-state index is 12.1. The van der Waals surface area contributed by atoms with Crippen LogP contribution in [0.1, 0.15) is 29.6 Å². The number of carbonyl (C=O) groups is 1. The lowest BCUT2D eigenvalue weighted by atomic mass is 10.1. The molecule has 0 aliphatic carbocycles. The average molecular weight is 313 g/mol. The fourth-order valence-electron chi connectivity index (χ4n) is 2.48. The van der Waals surface area contributed by atoms with E-state index < -0.39 is 0 Å². The van der Waals surface area contributed by atoms with Gasteiger partial charge in [0.1, 0.15) is 0 Å². The van der Waals surface area contributed by atoms with Crippen LogP contribution in [0, 0.1) is 0 Å². The van der Waals surface area contributed by atoms with Crippen LogP contribution in [-0.4, -0.2) is 41.1 Å². The fourth-order valence-corrected chi connectivity index (χ4v) is 2.48. The van der Waals surface area contributed by atoms with Gasteiger partial charge in [-0.1, -0.05) is 0 Å². The molecule has 7 heteroatoms. The van der Waals surface area contributed by atoms with Crippen LogP contribution in [0.25, 0.3) is 0 Å². The highest BCUT2D eigenvalue weighted by Gasteiger charge is 2.13. The number of anilines is 2. The highest BCUT2D eigenvalue weighted by atomic mass is 16.5. The van der Waals surface area contributed by atoms with Crippen LogP contribution in [-0.2, 0) is 0 Å². The van der Waals surface area contributed by atoms with Crippen LogP contribution in [0.15, 0.2) is 30.7 Å². The molecular formula is C16H19N5O2. The predicted molar refractivity (Wildman–Crippen MR) is 86.8 cm³/mol. The first-order valence-electron chi connectivity index (χ1n) is 7.64. The van der Waals surface area contributed by atoms with Gasteiger partial charge in [0.15, 0.2) is 0 Å². The number of ether oxygens (including phenoxy) is 1. The Balaban J connectivity index is 1.63. The number of hydrogen-bond donors (Lipinski definition) is 1. The molecule has 2 aromatic heterocycles. The van der Waals surface area contributed by atoms with Crippen molar-refractivity contribution in [1.82, 2.24) is 15.0 Å². The molecule has 1 saturated heterocycles. The first-order valence-corrected chi connectivity index (χ1v) is 7.64. The number of pyridine rings is 1. The maximum atomic E-state index is 12.1. The Morgan fingerprint density at radius 3 is 2.43 bits per heavy atom. The minimum absolute atomic E-state index is 0.255. The summed E-state index contributed by atoms with van der Waals surface area (Å²) < 4.78 is 4.97. The van der Waals surface area contributed by atoms with Gasteiger partial charge in [0, 0.05) is 25.4 Å². The third kappa shape index (κ3) is 3.74. The van der Waals surface area contributed by atoms with Crippen LogP contribution in [0.5, 0.6) is 5.88 Å². The van der Waals surface area contributed by atoms with E-state index in [2.05, 4.69) is 25.2 Å². The standard InChI is InChI=1S/C16H19N5O2/c1-23-14-6-5-12(9-17-14)15(22)20-13-10-18-16(19-11-13)21-7-3-2-4-8-21/h5-6,9-11H,2-4,7-8H2,1H3,(H,20,22). The fraction of sp³-hybridized carbons (Fsp3) is 0.375. The van der Waals surface area contributed by atoms with E-state index in [9.17, 15) is 4.79 Å². The van der Waals surface area contributed by atoms with Crippen LogP contribution < -0.4 is 15.0 Å². The molecule has 2 aromatic rings. The molecule has 1 fully saturated rings. The molecule has 3 heterocycles. The van der Waals surface area contributed by atoms with Crippen LogP contribution in [0.4, 0.5) is 11.6 Å². The number of amides is 1.